The molecule has 1 N–H and O–H groups in total. The van der Waals surface area contributed by atoms with Gasteiger partial charge in [0.25, 0.3) is 5.91 Å². The molecule has 0 bridgehead atoms. The van der Waals surface area contributed by atoms with E-state index in [1.165, 1.54) is 18.2 Å². The topological polar surface area (TPSA) is 97.7 Å². The van der Waals surface area contributed by atoms with Gasteiger partial charge in [-0.05, 0) is 42.4 Å². The lowest BCUT2D eigenvalue weighted by Gasteiger charge is -2.01. The molecule has 1 aromatic heterocycles. The molecule has 1 saturated heterocycles. The van der Waals surface area contributed by atoms with Crippen LogP contribution in [0.4, 0.5) is 11.6 Å². The Labute approximate surface area is 145 Å². The number of aliphatic imine (C=N–C) groups is 1. The smallest absolute Gasteiger partial charge is 0.401 e. The van der Waals surface area contributed by atoms with Crippen LogP contribution in [-0.4, -0.2) is 16.0 Å². The van der Waals surface area contributed by atoms with Crippen molar-refractivity contribution in [3.05, 3.63) is 61.7 Å². The summed E-state index contributed by atoms with van der Waals surface area (Å²) in [5.41, 5.74) is 1.57. The van der Waals surface area contributed by atoms with E-state index in [0.717, 1.165) is 17.3 Å². The third kappa shape index (κ3) is 3.50. The Morgan fingerprint density at radius 1 is 1.38 bits per heavy atom. The van der Waals surface area contributed by atoms with E-state index in [9.17, 15) is 14.9 Å². The second-order valence-corrected chi connectivity index (χ2v) is 6.31. The van der Waals surface area contributed by atoms with Crippen LogP contribution in [0.1, 0.15) is 11.3 Å². The van der Waals surface area contributed by atoms with Crippen molar-refractivity contribution in [2.45, 2.75) is 6.92 Å². The van der Waals surface area contributed by atoms with Crippen LogP contribution in [0.15, 0.2) is 44.6 Å². The summed E-state index contributed by atoms with van der Waals surface area (Å²) in [6.07, 6.45) is 1.43. The van der Waals surface area contributed by atoms with Crippen LogP contribution in [0.25, 0.3) is 6.08 Å². The van der Waals surface area contributed by atoms with Crippen LogP contribution < -0.4 is 5.32 Å². The first-order valence-electron chi connectivity index (χ1n) is 6.72. The maximum absolute atomic E-state index is 12.0. The number of rotatable bonds is 3. The summed E-state index contributed by atoms with van der Waals surface area (Å²) in [5, 5.41) is 14.2. The molecule has 2 aromatic rings. The van der Waals surface area contributed by atoms with Crippen molar-refractivity contribution >= 4 is 52.1 Å². The zero-order chi connectivity index (χ0) is 17.3. The van der Waals surface area contributed by atoms with Crippen molar-refractivity contribution in [2.24, 2.45) is 4.99 Å². The maximum atomic E-state index is 12.0. The number of thioether (sulfide) groups is 1. The average Bonchev–Trinajstić information content (AvgIpc) is 3.11. The average molecular weight is 364 g/mol. The van der Waals surface area contributed by atoms with E-state index in [4.69, 9.17) is 16.0 Å². The van der Waals surface area contributed by atoms with E-state index in [1.54, 1.807) is 12.1 Å². The molecule has 0 spiro atoms. The number of carbonyl (C=O) groups is 1. The van der Waals surface area contributed by atoms with Crippen molar-refractivity contribution in [2.75, 3.05) is 0 Å². The number of carbonyl (C=O) groups excluding carboxylic acids is 1. The first-order valence-corrected chi connectivity index (χ1v) is 7.92. The van der Waals surface area contributed by atoms with E-state index in [0.29, 0.717) is 20.8 Å². The number of benzene rings is 1. The quantitative estimate of drug-likeness (QED) is 0.504. The van der Waals surface area contributed by atoms with Gasteiger partial charge in [0.2, 0.25) is 0 Å². The molecule has 9 heteroatoms. The van der Waals surface area contributed by atoms with Gasteiger partial charge in [0, 0.05) is 11.1 Å². The largest absolute Gasteiger partial charge is 0.433 e. The van der Waals surface area contributed by atoms with Gasteiger partial charge in [0.05, 0.1) is 16.7 Å². The van der Waals surface area contributed by atoms with Gasteiger partial charge in [0.1, 0.15) is 10.7 Å². The van der Waals surface area contributed by atoms with E-state index in [-0.39, 0.29) is 17.6 Å². The normalized spacial score (nSPS) is 17.5. The molecule has 1 aromatic carbocycles. The zero-order valence-corrected chi connectivity index (χ0v) is 13.9. The highest BCUT2D eigenvalue weighted by atomic mass is 35.5. The molecule has 3 rings (SSSR count). The fourth-order valence-corrected chi connectivity index (χ4v) is 2.92. The Morgan fingerprint density at radius 3 is 2.88 bits per heavy atom. The highest BCUT2D eigenvalue weighted by Gasteiger charge is 2.25. The van der Waals surface area contributed by atoms with Gasteiger partial charge < -0.3 is 9.73 Å². The number of nitro groups is 1. The Kier molecular flexibility index (Phi) is 4.41. The summed E-state index contributed by atoms with van der Waals surface area (Å²) in [4.78, 5) is 26.7. The molecular formula is C15H10ClN3O4S. The monoisotopic (exact) mass is 363 g/mol. The number of halogens is 1. The van der Waals surface area contributed by atoms with Crippen molar-refractivity contribution in [3.63, 3.8) is 0 Å². The van der Waals surface area contributed by atoms with Crippen LogP contribution in [0.2, 0.25) is 5.02 Å². The summed E-state index contributed by atoms with van der Waals surface area (Å²) in [5.74, 6) is -0.509. The molecule has 1 amide bonds. The fourth-order valence-electron chi connectivity index (χ4n) is 1.94. The standard InChI is InChI=1S/C15H10ClN3O4S/c1-8-2-3-9(16)6-11(8)17-15-18-14(20)12(24-15)7-10-4-5-13(23-10)19(21)22/h2-7H,1H3,(H,17,18,20)/b12-7-. The van der Waals surface area contributed by atoms with Crippen molar-refractivity contribution in [1.29, 1.82) is 0 Å². The minimum Gasteiger partial charge on any atom is -0.401 e. The number of nitrogens with zero attached hydrogens (tertiary/aromatic N) is 2. The number of hydrogen-bond acceptors (Lipinski definition) is 6. The third-order valence-electron chi connectivity index (χ3n) is 3.11. The second kappa shape index (κ2) is 6.50. The lowest BCUT2D eigenvalue weighted by molar-refractivity contribution is -0.402. The van der Waals surface area contributed by atoms with Gasteiger partial charge in [-0.1, -0.05) is 17.7 Å². The second-order valence-electron chi connectivity index (χ2n) is 4.85. The Bertz CT molecular complexity index is 904. The molecule has 1 fully saturated rings. The minimum absolute atomic E-state index is 0.222. The highest BCUT2D eigenvalue weighted by Crippen LogP contribution is 2.31. The summed E-state index contributed by atoms with van der Waals surface area (Å²) < 4.78 is 5.02. The molecular weight excluding hydrogens is 354 g/mol. The molecule has 0 atom stereocenters. The lowest BCUT2D eigenvalue weighted by atomic mass is 10.2. The Hall–Kier alpha value is -2.58. The molecule has 7 nitrogen and oxygen atoms in total. The Morgan fingerprint density at radius 2 is 2.17 bits per heavy atom. The summed E-state index contributed by atoms with van der Waals surface area (Å²) in [6.45, 7) is 1.88. The Balaban J connectivity index is 1.85. The number of furan rings is 1. The lowest BCUT2D eigenvalue weighted by Crippen LogP contribution is -2.19. The van der Waals surface area contributed by atoms with Crippen molar-refractivity contribution in [3.8, 4) is 0 Å². The van der Waals surface area contributed by atoms with E-state index in [1.807, 2.05) is 13.0 Å². The van der Waals surface area contributed by atoms with Crippen molar-refractivity contribution < 1.29 is 14.1 Å². The molecule has 122 valence electrons. The maximum Gasteiger partial charge on any atom is 0.433 e. The predicted molar refractivity (Wildman–Crippen MR) is 92.4 cm³/mol. The molecule has 1 aliphatic rings. The van der Waals surface area contributed by atoms with Crippen molar-refractivity contribution in [1.82, 2.24) is 5.32 Å². The third-order valence-corrected chi connectivity index (χ3v) is 4.25. The van der Waals surface area contributed by atoms with Crippen LogP contribution >= 0.6 is 23.4 Å². The molecule has 2 heterocycles. The van der Waals surface area contributed by atoms with Gasteiger partial charge in [0.15, 0.2) is 5.17 Å². The molecule has 1 aliphatic heterocycles. The molecule has 0 radical (unpaired) electrons. The number of amides is 1. The van der Waals surface area contributed by atoms with Gasteiger partial charge in [-0.25, -0.2) is 4.99 Å². The molecule has 0 saturated carbocycles. The van der Waals surface area contributed by atoms with E-state index >= 15 is 0 Å². The summed E-state index contributed by atoms with van der Waals surface area (Å²) in [7, 11) is 0. The highest BCUT2D eigenvalue weighted by molar-refractivity contribution is 8.18. The van der Waals surface area contributed by atoms with Gasteiger partial charge in [-0.15, -0.1) is 0 Å². The van der Waals surface area contributed by atoms with Gasteiger partial charge in [-0.3, -0.25) is 14.9 Å². The minimum atomic E-state index is -0.640. The summed E-state index contributed by atoms with van der Waals surface area (Å²) in [6, 6.07) is 7.95. The predicted octanol–water partition coefficient (Wildman–Crippen LogP) is 4.04. The molecule has 0 unspecified atom stereocenters. The zero-order valence-electron chi connectivity index (χ0n) is 12.3. The van der Waals surface area contributed by atoms with Crippen LogP contribution in [-0.2, 0) is 4.79 Å². The fraction of sp³-hybridized carbons (Fsp3) is 0.0667. The first-order chi connectivity index (χ1) is 11.4. The van der Waals surface area contributed by atoms with Crippen LogP contribution in [0.3, 0.4) is 0 Å². The molecule has 24 heavy (non-hydrogen) atoms. The molecule has 0 aliphatic carbocycles. The first kappa shape index (κ1) is 16.3. The van der Waals surface area contributed by atoms with Gasteiger partial charge >= 0.3 is 5.88 Å². The van der Waals surface area contributed by atoms with Crippen LogP contribution in [0, 0.1) is 17.0 Å². The van der Waals surface area contributed by atoms with E-state index < -0.39 is 4.92 Å². The van der Waals surface area contributed by atoms with Gasteiger partial charge in [-0.2, -0.15) is 0 Å². The summed E-state index contributed by atoms with van der Waals surface area (Å²) >= 11 is 7.07. The van der Waals surface area contributed by atoms with Crippen LogP contribution in [0.5, 0.6) is 0 Å². The number of nitrogens with one attached hydrogen (secondary N) is 1. The number of amidine groups is 1. The SMILES string of the molecule is Cc1ccc(Cl)cc1N=C1NC(=O)/C(=C/c2ccc([N+](=O)[O-])o2)S1. The number of aryl methyl sites for hydroxylation is 1. The van der Waals surface area contributed by atoms with E-state index in [2.05, 4.69) is 10.3 Å². The number of hydrogen-bond donors (Lipinski definition) is 1.